The van der Waals surface area contributed by atoms with Crippen molar-refractivity contribution in [3.8, 4) is 0 Å². The van der Waals surface area contributed by atoms with E-state index < -0.39 is 0 Å². The average Bonchev–Trinajstić information content (AvgIpc) is 2.57. The molecule has 2 aromatic carbocycles. The number of anilines is 2. The van der Waals surface area contributed by atoms with Crippen molar-refractivity contribution in [3.63, 3.8) is 0 Å². The van der Waals surface area contributed by atoms with Gasteiger partial charge in [0.05, 0.1) is 0 Å². The number of amides is 3. The third-order valence-electron chi connectivity index (χ3n) is 3.48. The van der Waals surface area contributed by atoms with Crippen LogP contribution in [0.5, 0.6) is 0 Å². The molecule has 0 aliphatic heterocycles. The van der Waals surface area contributed by atoms with Crippen molar-refractivity contribution < 1.29 is 9.59 Å². The molecule has 0 aromatic heterocycles. The summed E-state index contributed by atoms with van der Waals surface area (Å²) >= 11 is 0. The summed E-state index contributed by atoms with van der Waals surface area (Å²) in [6.45, 7) is 5.17. The van der Waals surface area contributed by atoms with Gasteiger partial charge in [-0.2, -0.15) is 0 Å². The van der Waals surface area contributed by atoms with Gasteiger partial charge in [-0.1, -0.05) is 18.2 Å². The van der Waals surface area contributed by atoms with Crippen LogP contribution < -0.4 is 10.6 Å². The number of nitrogens with one attached hydrogen (secondary N) is 2. The van der Waals surface area contributed by atoms with E-state index in [2.05, 4.69) is 10.6 Å². The minimum absolute atomic E-state index is 0.142. The van der Waals surface area contributed by atoms with E-state index in [0.717, 1.165) is 5.69 Å². The molecule has 2 N–H and O–H groups in total. The van der Waals surface area contributed by atoms with Gasteiger partial charge in [-0.3, -0.25) is 4.79 Å². The number of carbonyl (C=O) groups is 2. The van der Waals surface area contributed by atoms with Gasteiger partial charge < -0.3 is 15.5 Å². The standard InChI is InChI=1S/C18H21N3O2/c1-3-21(4-2)18(23)20-16-12-10-14(11-13-16)17(22)19-15-8-6-5-7-9-15/h5-13H,3-4H2,1-2H3,(H,19,22)(H,20,23). The van der Waals surface area contributed by atoms with Crippen molar-refractivity contribution >= 4 is 23.3 Å². The van der Waals surface area contributed by atoms with E-state index in [1.165, 1.54) is 0 Å². The first-order valence-electron chi connectivity index (χ1n) is 7.66. The lowest BCUT2D eigenvalue weighted by Crippen LogP contribution is -2.34. The van der Waals surface area contributed by atoms with Crippen LogP contribution in [0.3, 0.4) is 0 Å². The Bertz CT molecular complexity index is 650. The Hall–Kier alpha value is -2.82. The van der Waals surface area contributed by atoms with Crippen molar-refractivity contribution in [2.24, 2.45) is 0 Å². The Morgan fingerprint density at radius 3 is 1.96 bits per heavy atom. The van der Waals surface area contributed by atoms with Gasteiger partial charge in [-0.15, -0.1) is 0 Å². The third kappa shape index (κ3) is 4.57. The van der Waals surface area contributed by atoms with Crippen LogP contribution in [-0.4, -0.2) is 29.9 Å². The molecule has 23 heavy (non-hydrogen) atoms. The van der Waals surface area contributed by atoms with E-state index in [4.69, 9.17) is 0 Å². The summed E-state index contributed by atoms with van der Waals surface area (Å²) in [4.78, 5) is 25.8. The van der Waals surface area contributed by atoms with Gasteiger partial charge in [-0.05, 0) is 50.2 Å². The van der Waals surface area contributed by atoms with Crippen molar-refractivity contribution in [3.05, 3.63) is 60.2 Å². The molecule has 0 atom stereocenters. The molecule has 0 fully saturated rings. The van der Waals surface area contributed by atoms with Gasteiger partial charge in [-0.25, -0.2) is 4.79 Å². The predicted molar refractivity (Wildman–Crippen MR) is 92.8 cm³/mol. The van der Waals surface area contributed by atoms with Crippen LogP contribution in [0.4, 0.5) is 16.2 Å². The molecule has 120 valence electrons. The van der Waals surface area contributed by atoms with Gasteiger partial charge in [0.2, 0.25) is 0 Å². The number of hydrogen-bond donors (Lipinski definition) is 2. The molecular formula is C18H21N3O2. The van der Waals surface area contributed by atoms with Crippen molar-refractivity contribution in [1.82, 2.24) is 4.90 Å². The van der Waals surface area contributed by atoms with Gasteiger partial charge in [0.1, 0.15) is 0 Å². The monoisotopic (exact) mass is 311 g/mol. The molecule has 0 spiro atoms. The topological polar surface area (TPSA) is 61.4 Å². The number of benzene rings is 2. The highest BCUT2D eigenvalue weighted by molar-refractivity contribution is 6.04. The summed E-state index contributed by atoms with van der Waals surface area (Å²) in [5.74, 6) is -0.183. The van der Waals surface area contributed by atoms with E-state index in [-0.39, 0.29) is 11.9 Å². The smallest absolute Gasteiger partial charge is 0.321 e. The summed E-state index contributed by atoms with van der Waals surface area (Å²) < 4.78 is 0. The Morgan fingerprint density at radius 2 is 1.39 bits per heavy atom. The third-order valence-corrected chi connectivity index (χ3v) is 3.48. The normalized spacial score (nSPS) is 10.0. The molecule has 0 radical (unpaired) electrons. The lowest BCUT2D eigenvalue weighted by molar-refractivity contribution is 0.102. The van der Waals surface area contributed by atoms with Crippen LogP contribution in [0.15, 0.2) is 54.6 Å². The second-order valence-corrected chi connectivity index (χ2v) is 5.00. The molecule has 3 amide bonds. The molecule has 0 bridgehead atoms. The fourth-order valence-corrected chi connectivity index (χ4v) is 2.14. The van der Waals surface area contributed by atoms with Gasteiger partial charge in [0.25, 0.3) is 5.91 Å². The Labute approximate surface area is 136 Å². The molecule has 2 aromatic rings. The van der Waals surface area contributed by atoms with Crippen LogP contribution >= 0.6 is 0 Å². The minimum Gasteiger partial charge on any atom is -0.325 e. The van der Waals surface area contributed by atoms with Gasteiger partial charge >= 0.3 is 6.03 Å². The number of rotatable bonds is 5. The van der Waals surface area contributed by atoms with Crippen LogP contribution in [0.2, 0.25) is 0 Å². The predicted octanol–water partition coefficient (Wildman–Crippen LogP) is 3.81. The molecule has 5 nitrogen and oxygen atoms in total. The molecule has 0 saturated heterocycles. The first-order valence-corrected chi connectivity index (χ1v) is 7.66. The molecule has 0 aliphatic rings. The molecule has 0 heterocycles. The highest BCUT2D eigenvalue weighted by atomic mass is 16.2. The number of para-hydroxylation sites is 1. The second-order valence-electron chi connectivity index (χ2n) is 5.00. The zero-order valence-electron chi connectivity index (χ0n) is 13.4. The maximum Gasteiger partial charge on any atom is 0.321 e. The average molecular weight is 311 g/mol. The molecule has 5 heteroatoms. The second kappa shape index (κ2) is 7.98. The quantitative estimate of drug-likeness (QED) is 0.882. The zero-order valence-corrected chi connectivity index (χ0v) is 13.4. The Morgan fingerprint density at radius 1 is 0.826 bits per heavy atom. The molecule has 0 aliphatic carbocycles. The molecular weight excluding hydrogens is 290 g/mol. The lowest BCUT2D eigenvalue weighted by atomic mass is 10.2. The zero-order chi connectivity index (χ0) is 16.7. The number of hydrogen-bond acceptors (Lipinski definition) is 2. The summed E-state index contributed by atoms with van der Waals surface area (Å²) in [5.41, 5.74) is 1.95. The van der Waals surface area contributed by atoms with E-state index in [0.29, 0.717) is 24.3 Å². The highest BCUT2D eigenvalue weighted by Gasteiger charge is 2.10. The Balaban J connectivity index is 1.99. The summed E-state index contributed by atoms with van der Waals surface area (Å²) in [6.07, 6.45) is 0. The lowest BCUT2D eigenvalue weighted by Gasteiger charge is -2.19. The van der Waals surface area contributed by atoms with Crippen LogP contribution in [0.25, 0.3) is 0 Å². The van der Waals surface area contributed by atoms with E-state index >= 15 is 0 Å². The van der Waals surface area contributed by atoms with Crippen molar-refractivity contribution in [2.45, 2.75) is 13.8 Å². The Kier molecular flexibility index (Phi) is 5.74. The summed E-state index contributed by atoms with van der Waals surface area (Å²) in [7, 11) is 0. The summed E-state index contributed by atoms with van der Waals surface area (Å²) in [5, 5.41) is 5.64. The number of urea groups is 1. The van der Waals surface area contributed by atoms with Crippen molar-refractivity contribution in [1.29, 1.82) is 0 Å². The van der Waals surface area contributed by atoms with Crippen LogP contribution in [-0.2, 0) is 0 Å². The maximum atomic E-state index is 12.1. The molecule has 0 unspecified atom stereocenters. The van der Waals surface area contributed by atoms with E-state index in [1.54, 1.807) is 29.2 Å². The SMILES string of the molecule is CCN(CC)C(=O)Nc1ccc(C(=O)Nc2ccccc2)cc1. The number of nitrogens with zero attached hydrogens (tertiary/aromatic N) is 1. The first kappa shape index (κ1) is 16.5. The van der Waals surface area contributed by atoms with E-state index in [1.807, 2.05) is 44.2 Å². The fraction of sp³-hybridized carbons (Fsp3) is 0.222. The van der Waals surface area contributed by atoms with Gasteiger partial charge in [0.15, 0.2) is 0 Å². The summed E-state index contributed by atoms with van der Waals surface area (Å²) in [6, 6.07) is 16.0. The van der Waals surface area contributed by atoms with Gasteiger partial charge in [0, 0.05) is 30.0 Å². The fourth-order valence-electron chi connectivity index (χ4n) is 2.14. The molecule has 0 saturated carbocycles. The maximum absolute atomic E-state index is 12.1. The first-order chi connectivity index (χ1) is 11.1. The van der Waals surface area contributed by atoms with E-state index in [9.17, 15) is 9.59 Å². The highest BCUT2D eigenvalue weighted by Crippen LogP contribution is 2.13. The largest absolute Gasteiger partial charge is 0.325 e. The minimum atomic E-state index is -0.183. The van der Waals surface area contributed by atoms with Crippen molar-refractivity contribution in [2.75, 3.05) is 23.7 Å². The molecule has 2 rings (SSSR count). The van der Waals surface area contributed by atoms with Crippen LogP contribution in [0.1, 0.15) is 24.2 Å². The number of carbonyl (C=O) groups excluding carboxylic acids is 2. The van der Waals surface area contributed by atoms with Crippen LogP contribution in [0, 0.1) is 0 Å².